The maximum absolute atomic E-state index is 5.78. The molecular formula is C9H9Br2N3S. The highest BCUT2D eigenvalue weighted by molar-refractivity contribution is 9.13. The van der Waals surface area contributed by atoms with Crippen LogP contribution >= 0.6 is 43.2 Å². The lowest BCUT2D eigenvalue weighted by atomic mass is 10.1. The summed E-state index contributed by atoms with van der Waals surface area (Å²) in [6.07, 6.45) is 0.875. The minimum Gasteiger partial charge on any atom is -0.382 e. The number of nitrogens with two attached hydrogens (primary N) is 1. The first-order valence-electron chi connectivity index (χ1n) is 4.40. The fourth-order valence-electron chi connectivity index (χ4n) is 1.42. The Hall–Kier alpha value is -0.330. The Morgan fingerprint density at radius 3 is 2.80 bits per heavy atom. The van der Waals surface area contributed by atoms with E-state index in [0.29, 0.717) is 5.82 Å². The monoisotopic (exact) mass is 349 g/mol. The first kappa shape index (κ1) is 11.2. The van der Waals surface area contributed by atoms with Gasteiger partial charge in [0, 0.05) is 15.4 Å². The van der Waals surface area contributed by atoms with Gasteiger partial charge >= 0.3 is 0 Å². The fraction of sp³-hybridized carbons (Fsp3) is 0.222. The van der Waals surface area contributed by atoms with Crippen LogP contribution in [-0.2, 0) is 6.42 Å². The first-order valence-corrected chi connectivity index (χ1v) is 6.87. The van der Waals surface area contributed by atoms with Crippen LogP contribution in [0.25, 0.3) is 10.6 Å². The van der Waals surface area contributed by atoms with E-state index < -0.39 is 0 Å². The summed E-state index contributed by atoms with van der Waals surface area (Å²) in [7, 11) is 0. The molecule has 0 spiro atoms. The summed E-state index contributed by atoms with van der Waals surface area (Å²) in [5, 5.41) is 9.06. The number of halogens is 2. The second-order valence-electron chi connectivity index (χ2n) is 3.04. The van der Waals surface area contributed by atoms with Crippen molar-refractivity contribution in [3.63, 3.8) is 0 Å². The summed E-state index contributed by atoms with van der Waals surface area (Å²) in [4.78, 5) is 1.13. The average Bonchev–Trinajstić information content (AvgIpc) is 2.73. The molecule has 0 bridgehead atoms. The number of thiophene rings is 1. The van der Waals surface area contributed by atoms with Crippen LogP contribution in [0.5, 0.6) is 0 Å². The number of hydrogen-bond donors (Lipinski definition) is 2. The van der Waals surface area contributed by atoms with Crippen molar-refractivity contribution in [3.8, 4) is 10.6 Å². The lowest BCUT2D eigenvalue weighted by molar-refractivity contribution is 1.10. The molecule has 0 atom stereocenters. The van der Waals surface area contributed by atoms with Gasteiger partial charge in [-0.25, -0.2) is 0 Å². The summed E-state index contributed by atoms with van der Waals surface area (Å²) in [6.45, 7) is 2.07. The molecular weight excluding hydrogens is 342 g/mol. The number of nitrogen functional groups attached to an aromatic ring is 1. The quantitative estimate of drug-likeness (QED) is 0.865. The molecule has 0 unspecified atom stereocenters. The maximum atomic E-state index is 5.78. The summed E-state index contributed by atoms with van der Waals surface area (Å²) in [5.74, 6) is 0.587. The molecule has 80 valence electrons. The third-order valence-electron chi connectivity index (χ3n) is 2.17. The molecule has 3 nitrogen and oxygen atoms in total. The normalized spacial score (nSPS) is 10.9. The van der Waals surface area contributed by atoms with Gasteiger partial charge in [0.15, 0.2) is 0 Å². The lowest BCUT2D eigenvalue weighted by Gasteiger charge is -1.99. The summed E-state index contributed by atoms with van der Waals surface area (Å²) in [6, 6.07) is 0. The minimum absolute atomic E-state index is 0.587. The Morgan fingerprint density at radius 1 is 1.53 bits per heavy atom. The molecule has 0 fully saturated rings. The van der Waals surface area contributed by atoms with Crippen molar-refractivity contribution >= 4 is 49.0 Å². The van der Waals surface area contributed by atoms with E-state index in [-0.39, 0.29) is 0 Å². The van der Waals surface area contributed by atoms with Gasteiger partial charge in [-0.2, -0.15) is 5.10 Å². The van der Waals surface area contributed by atoms with E-state index >= 15 is 0 Å². The molecule has 2 rings (SSSR count). The third kappa shape index (κ3) is 1.86. The SMILES string of the molecule is CCc1c(N)n[nH]c1-c1scc(Br)c1Br. The minimum atomic E-state index is 0.587. The molecule has 0 radical (unpaired) electrons. The van der Waals surface area contributed by atoms with Gasteiger partial charge in [0.1, 0.15) is 5.82 Å². The van der Waals surface area contributed by atoms with Crippen molar-refractivity contribution in [2.75, 3.05) is 5.73 Å². The summed E-state index contributed by atoms with van der Waals surface area (Å²) < 4.78 is 2.10. The van der Waals surface area contributed by atoms with E-state index in [2.05, 4.69) is 49.0 Å². The van der Waals surface area contributed by atoms with Crippen LogP contribution in [0.4, 0.5) is 5.82 Å². The van der Waals surface area contributed by atoms with Gasteiger partial charge in [0.25, 0.3) is 0 Å². The smallest absolute Gasteiger partial charge is 0.149 e. The van der Waals surface area contributed by atoms with Gasteiger partial charge in [-0.1, -0.05) is 6.92 Å². The zero-order valence-corrected chi connectivity index (χ0v) is 12.0. The fourth-order valence-corrected chi connectivity index (χ4v) is 3.61. The molecule has 0 saturated heterocycles. The summed E-state index contributed by atoms with van der Waals surface area (Å²) in [5.41, 5.74) is 7.87. The van der Waals surface area contributed by atoms with Gasteiger partial charge in [0.05, 0.1) is 15.0 Å². The Balaban J connectivity index is 2.58. The zero-order chi connectivity index (χ0) is 11.0. The van der Waals surface area contributed by atoms with Crippen LogP contribution in [-0.4, -0.2) is 10.2 Å². The van der Waals surface area contributed by atoms with Crippen LogP contribution in [0.2, 0.25) is 0 Å². The standard InChI is InChI=1S/C9H9Br2N3S/c1-2-4-7(13-14-9(4)12)8-6(11)5(10)3-15-8/h3H,2H2,1H3,(H3,12,13,14). The topological polar surface area (TPSA) is 54.7 Å². The predicted octanol–water partition coefficient (Wildman–Crippen LogP) is 3.81. The number of H-pyrrole nitrogens is 1. The lowest BCUT2D eigenvalue weighted by Crippen LogP contribution is -1.90. The molecule has 2 heterocycles. The van der Waals surface area contributed by atoms with Crippen molar-refractivity contribution in [2.45, 2.75) is 13.3 Å². The molecule has 0 aromatic carbocycles. The van der Waals surface area contributed by atoms with Gasteiger partial charge in [-0.05, 0) is 38.3 Å². The molecule has 0 aliphatic heterocycles. The van der Waals surface area contributed by atoms with E-state index in [4.69, 9.17) is 5.73 Å². The molecule has 0 saturated carbocycles. The Morgan fingerprint density at radius 2 is 2.27 bits per heavy atom. The Labute approximate surface area is 108 Å². The molecule has 3 N–H and O–H groups in total. The van der Waals surface area contributed by atoms with E-state index in [9.17, 15) is 0 Å². The van der Waals surface area contributed by atoms with E-state index in [1.165, 1.54) is 0 Å². The van der Waals surface area contributed by atoms with Crippen LogP contribution in [0.1, 0.15) is 12.5 Å². The third-order valence-corrected chi connectivity index (χ3v) is 5.71. The number of anilines is 1. The number of nitrogens with zero attached hydrogens (tertiary/aromatic N) is 1. The van der Waals surface area contributed by atoms with Crippen molar-refractivity contribution in [2.24, 2.45) is 0 Å². The van der Waals surface area contributed by atoms with Gasteiger partial charge in [0.2, 0.25) is 0 Å². The highest BCUT2D eigenvalue weighted by atomic mass is 79.9. The maximum Gasteiger partial charge on any atom is 0.149 e. The van der Waals surface area contributed by atoms with E-state index in [1.807, 2.05) is 5.38 Å². The van der Waals surface area contributed by atoms with Crippen molar-refractivity contribution in [3.05, 3.63) is 19.9 Å². The zero-order valence-electron chi connectivity index (χ0n) is 7.97. The van der Waals surface area contributed by atoms with Gasteiger partial charge < -0.3 is 5.73 Å². The average molecular weight is 351 g/mol. The van der Waals surface area contributed by atoms with E-state index in [1.54, 1.807) is 11.3 Å². The van der Waals surface area contributed by atoms with Gasteiger partial charge in [-0.3, -0.25) is 5.10 Å². The Kier molecular flexibility index (Phi) is 3.18. The largest absolute Gasteiger partial charge is 0.382 e. The number of aromatic nitrogens is 2. The second kappa shape index (κ2) is 4.27. The number of aromatic amines is 1. The highest BCUT2D eigenvalue weighted by Gasteiger charge is 2.16. The molecule has 0 aliphatic carbocycles. The first-order chi connectivity index (χ1) is 7.15. The molecule has 0 amide bonds. The van der Waals surface area contributed by atoms with Gasteiger partial charge in [-0.15, -0.1) is 11.3 Å². The molecule has 15 heavy (non-hydrogen) atoms. The molecule has 6 heteroatoms. The number of rotatable bonds is 2. The second-order valence-corrected chi connectivity index (χ2v) is 5.57. The Bertz CT molecular complexity index is 490. The van der Waals surface area contributed by atoms with E-state index in [0.717, 1.165) is 31.5 Å². The van der Waals surface area contributed by atoms with Crippen LogP contribution < -0.4 is 5.73 Å². The summed E-state index contributed by atoms with van der Waals surface area (Å²) >= 11 is 8.65. The number of nitrogens with one attached hydrogen (secondary N) is 1. The number of hydrogen-bond acceptors (Lipinski definition) is 3. The highest BCUT2D eigenvalue weighted by Crippen LogP contribution is 2.41. The predicted molar refractivity (Wildman–Crippen MR) is 71.1 cm³/mol. The molecule has 2 aromatic heterocycles. The van der Waals surface area contributed by atoms with Crippen molar-refractivity contribution in [1.82, 2.24) is 10.2 Å². The van der Waals surface area contributed by atoms with Crippen LogP contribution in [0, 0.1) is 0 Å². The molecule has 0 aliphatic rings. The van der Waals surface area contributed by atoms with Crippen molar-refractivity contribution in [1.29, 1.82) is 0 Å². The molecule has 2 aromatic rings. The van der Waals surface area contributed by atoms with Crippen LogP contribution in [0.3, 0.4) is 0 Å². The van der Waals surface area contributed by atoms with Crippen molar-refractivity contribution < 1.29 is 0 Å². The van der Waals surface area contributed by atoms with Crippen LogP contribution in [0.15, 0.2) is 14.3 Å².